The molecule has 6 nitrogen and oxygen atoms in total. The number of sulfonamides is 1. The number of hydrogen-bond acceptors (Lipinski definition) is 4. The molecule has 0 aliphatic rings. The van der Waals surface area contributed by atoms with E-state index in [9.17, 15) is 13.2 Å². The van der Waals surface area contributed by atoms with Crippen molar-refractivity contribution in [1.82, 2.24) is 9.79 Å². The van der Waals surface area contributed by atoms with Crippen LogP contribution in [0.25, 0.3) is 0 Å². The summed E-state index contributed by atoms with van der Waals surface area (Å²) in [7, 11) is -3.82. The molecule has 0 aliphatic carbocycles. The minimum atomic E-state index is -3.82. The second-order valence-electron chi connectivity index (χ2n) is 4.68. The molecule has 0 aromatic heterocycles. The molecule has 0 radical (unpaired) electrons. The first-order valence-corrected chi connectivity index (χ1v) is 7.78. The molecule has 1 amide bonds. The molecule has 0 saturated heterocycles. The zero-order chi connectivity index (χ0) is 15.3. The van der Waals surface area contributed by atoms with Crippen molar-refractivity contribution in [3.8, 4) is 0 Å². The van der Waals surface area contributed by atoms with Crippen LogP contribution in [0.5, 0.6) is 0 Å². The standard InChI is InChI=1S/C12H17ClN2O4S/c1-9(2)7-15(8-12(16)14-17)20(18,19)11-5-3-10(13)4-6-11/h3-6,9,17H,7-8H2,1-2H3,(H,14,16). The van der Waals surface area contributed by atoms with Gasteiger partial charge in [0.15, 0.2) is 0 Å². The lowest BCUT2D eigenvalue weighted by molar-refractivity contribution is -0.129. The summed E-state index contributed by atoms with van der Waals surface area (Å²) in [6.45, 7) is 3.39. The zero-order valence-corrected chi connectivity index (χ0v) is 12.8. The van der Waals surface area contributed by atoms with Crippen LogP contribution in [0, 0.1) is 5.92 Å². The lowest BCUT2D eigenvalue weighted by Gasteiger charge is -2.23. The van der Waals surface area contributed by atoms with E-state index in [0.29, 0.717) is 5.02 Å². The maximum atomic E-state index is 12.5. The number of carbonyl (C=O) groups is 1. The minimum absolute atomic E-state index is 0.0311. The number of hydrogen-bond donors (Lipinski definition) is 2. The minimum Gasteiger partial charge on any atom is -0.289 e. The number of benzene rings is 1. The topological polar surface area (TPSA) is 86.7 Å². The first-order valence-electron chi connectivity index (χ1n) is 5.96. The largest absolute Gasteiger partial charge is 0.289 e. The van der Waals surface area contributed by atoms with Crippen LogP contribution in [0.1, 0.15) is 13.8 Å². The van der Waals surface area contributed by atoms with Crippen LogP contribution in [-0.2, 0) is 14.8 Å². The SMILES string of the molecule is CC(C)CN(CC(=O)NO)S(=O)(=O)c1ccc(Cl)cc1. The summed E-state index contributed by atoms with van der Waals surface area (Å²) in [6.07, 6.45) is 0. The molecule has 1 aromatic carbocycles. The molecule has 20 heavy (non-hydrogen) atoms. The van der Waals surface area contributed by atoms with Crippen molar-refractivity contribution in [2.45, 2.75) is 18.7 Å². The Balaban J connectivity index is 3.09. The highest BCUT2D eigenvalue weighted by molar-refractivity contribution is 7.89. The molecule has 0 spiro atoms. The van der Waals surface area contributed by atoms with E-state index in [-0.39, 0.29) is 17.4 Å². The van der Waals surface area contributed by atoms with E-state index in [1.54, 1.807) is 0 Å². The van der Waals surface area contributed by atoms with E-state index in [2.05, 4.69) is 0 Å². The number of nitrogens with one attached hydrogen (secondary N) is 1. The Bertz CT molecular complexity index is 557. The average molecular weight is 321 g/mol. The van der Waals surface area contributed by atoms with E-state index in [1.165, 1.54) is 29.7 Å². The summed E-state index contributed by atoms with van der Waals surface area (Å²) in [5, 5.41) is 8.98. The lowest BCUT2D eigenvalue weighted by atomic mass is 10.2. The van der Waals surface area contributed by atoms with Crippen LogP contribution in [0.15, 0.2) is 29.2 Å². The molecule has 0 aliphatic heterocycles. The Kier molecular flexibility index (Phi) is 5.94. The van der Waals surface area contributed by atoms with E-state index in [4.69, 9.17) is 16.8 Å². The molecule has 2 N–H and O–H groups in total. The summed E-state index contributed by atoms with van der Waals surface area (Å²) >= 11 is 5.73. The molecular weight excluding hydrogens is 304 g/mol. The normalized spacial score (nSPS) is 11.9. The molecule has 0 unspecified atom stereocenters. The average Bonchev–Trinajstić information content (AvgIpc) is 2.37. The highest BCUT2D eigenvalue weighted by atomic mass is 35.5. The summed E-state index contributed by atoms with van der Waals surface area (Å²) in [4.78, 5) is 11.3. The highest BCUT2D eigenvalue weighted by Gasteiger charge is 2.27. The fraction of sp³-hybridized carbons (Fsp3) is 0.417. The molecular formula is C12H17ClN2O4S. The first-order chi connectivity index (χ1) is 9.27. The van der Waals surface area contributed by atoms with Gasteiger partial charge in [-0.2, -0.15) is 4.31 Å². The second-order valence-corrected chi connectivity index (χ2v) is 7.05. The monoisotopic (exact) mass is 320 g/mol. The van der Waals surface area contributed by atoms with E-state index in [0.717, 1.165) is 4.31 Å². The van der Waals surface area contributed by atoms with Gasteiger partial charge in [0.2, 0.25) is 10.0 Å². The molecule has 8 heteroatoms. The maximum Gasteiger partial charge on any atom is 0.258 e. The number of carbonyl (C=O) groups excluding carboxylic acids is 1. The lowest BCUT2D eigenvalue weighted by Crippen LogP contribution is -2.41. The first kappa shape index (κ1) is 16.9. The van der Waals surface area contributed by atoms with Crippen molar-refractivity contribution in [3.63, 3.8) is 0 Å². The smallest absolute Gasteiger partial charge is 0.258 e. The van der Waals surface area contributed by atoms with Gasteiger partial charge in [-0.3, -0.25) is 10.0 Å². The Labute approximate surface area is 123 Å². The third-order valence-electron chi connectivity index (χ3n) is 2.46. The molecule has 0 bridgehead atoms. The van der Waals surface area contributed by atoms with Crippen LogP contribution in [0.4, 0.5) is 0 Å². The van der Waals surface area contributed by atoms with Gasteiger partial charge in [0.1, 0.15) is 0 Å². The Morgan fingerprint density at radius 3 is 2.35 bits per heavy atom. The predicted octanol–water partition coefficient (Wildman–Crippen LogP) is 1.49. The molecule has 0 heterocycles. The van der Waals surface area contributed by atoms with Crippen LogP contribution < -0.4 is 5.48 Å². The van der Waals surface area contributed by atoms with Crippen molar-refractivity contribution in [2.75, 3.05) is 13.1 Å². The van der Waals surface area contributed by atoms with Crippen molar-refractivity contribution < 1.29 is 18.4 Å². The molecule has 0 saturated carbocycles. The quantitative estimate of drug-likeness (QED) is 0.614. The van der Waals surface area contributed by atoms with Crippen molar-refractivity contribution in [1.29, 1.82) is 0 Å². The third kappa shape index (κ3) is 4.45. The van der Waals surface area contributed by atoms with E-state index in [1.807, 2.05) is 13.8 Å². The Morgan fingerprint density at radius 1 is 1.35 bits per heavy atom. The van der Waals surface area contributed by atoms with Crippen molar-refractivity contribution >= 4 is 27.5 Å². The third-order valence-corrected chi connectivity index (χ3v) is 4.54. The molecule has 112 valence electrons. The number of hydroxylamine groups is 1. The zero-order valence-electron chi connectivity index (χ0n) is 11.2. The Morgan fingerprint density at radius 2 is 1.90 bits per heavy atom. The fourth-order valence-corrected chi connectivity index (χ4v) is 3.29. The summed E-state index contributed by atoms with van der Waals surface area (Å²) < 4.78 is 25.9. The van der Waals surface area contributed by atoms with Gasteiger partial charge in [-0.25, -0.2) is 13.9 Å². The Hall–Kier alpha value is -1.15. The number of nitrogens with zero attached hydrogens (tertiary/aromatic N) is 1. The predicted molar refractivity (Wildman–Crippen MR) is 75.0 cm³/mol. The van der Waals surface area contributed by atoms with Gasteiger partial charge >= 0.3 is 0 Å². The number of halogens is 1. The molecule has 0 atom stereocenters. The van der Waals surface area contributed by atoms with Gasteiger partial charge in [-0.1, -0.05) is 25.4 Å². The molecule has 0 fully saturated rings. The van der Waals surface area contributed by atoms with Crippen LogP contribution in [-0.4, -0.2) is 36.9 Å². The van der Waals surface area contributed by atoms with Gasteiger partial charge in [-0.15, -0.1) is 0 Å². The van der Waals surface area contributed by atoms with Crippen LogP contribution in [0.2, 0.25) is 5.02 Å². The second kappa shape index (κ2) is 7.03. The number of amides is 1. The van der Waals surface area contributed by atoms with Gasteiger partial charge < -0.3 is 0 Å². The van der Waals surface area contributed by atoms with Crippen molar-refractivity contribution in [3.05, 3.63) is 29.3 Å². The maximum absolute atomic E-state index is 12.5. The molecule has 1 rings (SSSR count). The number of rotatable bonds is 6. The molecule has 1 aromatic rings. The fourth-order valence-electron chi connectivity index (χ4n) is 1.61. The highest BCUT2D eigenvalue weighted by Crippen LogP contribution is 2.19. The van der Waals surface area contributed by atoms with Gasteiger partial charge in [-0.05, 0) is 30.2 Å². The van der Waals surface area contributed by atoms with Gasteiger partial charge in [0.05, 0.1) is 11.4 Å². The van der Waals surface area contributed by atoms with Gasteiger partial charge in [0, 0.05) is 11.6 Å². The van der Waals surface area contributed by atoms with E-state index >= 15 is 0 Å². The summed E-state index contributed by atoms with van der Waals surface area (Å²) in [5.74, 6) is -0.758. The summed E-state index contributed by atoms with van der Waals surface area (Å²) in [5.41, 5.74) is 1.44. The van der Waals surface area contributed by atoms with Crippen LogP contribution in [0.3, 0.4) is 0 Å². The van der Waals surface area contributed by atoms with E-state index < -0.39 is 22.5 Å². The van der Waals surface area contributed by atoms with Crippen LogP contribution >= 0.6 is 11.6 Å². The summed E-state index contributed by atoms with van der Waals surface area (Å²) in [6, 6.07) is 5.69. The van der Waals surface area contributed by atoms with Gasteiger partial charge in [0.25, 0.3) is 5.91 Å². The van der Waals surface area contributed by atoms with Crippen molar-refractivity contribution in [2.24, 2.45) is 5.92 Å².